The number of benzene rings is 1. The van der Waals surface area contributed by atoms with Gasteiger partial charge in [0.15, 0.2) is 5.69 Å². The zero-order valence-corrected chi connectivity index (χ0v) is 18.7. The number of nitrogens with zero attached hydrogens (tertiary/aromatic N) is 3. The summed E-state index contributed by atoms with van der Waals surface area (Å²) < 4.78 is 20.8. The summed E-state index contributed by atoms with van der Waals surface area (Å²) >= 11 is 0. The average molecular weight is 452 g/mol. The van der Waals surface area contributed by atoms with Crippen molar-refractivity contribution in [3.63, 3.8) is 0 Å². The number of ether oxygens (including phenoxy) is 1. The largest absolute Gasteiger partial charge is 0.501 e. The third-order valence-electron chi connectivity index (χ3n) is 5.92. The molecular weight excluding hydrogens is 427 g/mol. The van der Waals surface area contributed by atoms with Crippen molar-refractivity contribution in [2.75, 3.05) is 7.11 Å². The molecule has 0 fully saturated rings. The van der Waals surface area contributed by atoms with Gasteiger partial charge in [-0.3, -0.25) is 14.2 Å². The molecule has 0 aliphatic carbocycles. The lowest BCUT2D eigenvalue weighted by molar-refractivity contribution is 0.0941. The minimum atomic E-state index is -0.692. The van der Waals surface area contributed by atoms with Crippen LogP contribution in [0.4, 0.5) is 4.39 Å². The number of pyridine rings is 1. The molecule has 9 heteroatoms. The van der Waals surface area contributed by atoms with Crippen molar-refractivity contribution < 1.29 is 19.0 Å². The Labute approximate surface area is 190 Å². The molecule has 4 rings (SSSR count). The van der Waals surface area contributed by atoms with E-state index < -0.39 is 28.4 Å². The quantitative estimate of drug-likeness (QED) is 0.616. The van der Waals surface area contributed by atoms with Gasteiger partial charge in [0.1, 0.15) is 11.6 Å². The fraction of sp³-hybridized carbons (Fsp3) is 0.333. The summed E-state index contributed by atoms with van der Waals surface area (Å²) in [7, 11) is 1.47. The van der Waals surface area contributed by atoms with Crippen molar-refractivity contribution in [2.45, 2.75) is 45.2 Å². The third-order valence-corrected chi connectivity index (χ3v) is 5.92. The highest BCUT2D eigenvalue weighted by molar-refractivity contribution is 5.94. The molecule has 1 aromatic carbocycles. The van der Waals surface area contributed by atoms with E-state index in [1.165, 1.54) is 23.8 Å². The zero-order chi connectivity index (χ0) is 23.8. The van der Waals surface area contributed by atoms with Crippen molar-refractivity contribution in [3.8, 4) is 22.8 Å². The first-order valence-corrected chi connectivity index (χ1v) is 10.6. The van der Waals surface area contributed by atoms with Crippen LogP contribution in [0.5, 0.6) is 11.6 Å². The Morgan fingerprint density at radius 1 is 1.30 bits per heavy atom. The molecule has 1 amide bonds. The van der Waals surface area contributed by atoms with Crippen molar-refractivity contribution in [2.24, 2.45) is 0 Å². The first-order chi connectivity index (χ1) is 15.7. The number of hydrogen-bond donors (Lipinski definition) is 2. The first-order valence-electron chi connectivity index (χ1n) is 10.6. The Morgan fingerprint density at radius 2 is 2.09 bits per heavy atom. The molecule has 8 nitrogen and oxygen atoms in total. The van der Waals surface area contributed by atoms with E-state index in [1.807, 2.05) is 13.8 Å². The number of aromatic nitrogens is 3. The SMILES string of the molecule is COc1ncccc1-c1cc(F)ccc1CNC(=O)c1nc2n(c(=O)c1O)CCCC2(C)C. The summed E-state index contributed by atoms with van der Waals surface area (Å²) in [5.41, 5.74) is 0.332. The van der Waals surface area contributed by atoms with Crippen LogP contribution in [-0.4, -0.2) is 32.7 Å². The van der Waals surface area contributed by atoms with E-state index >= 15 is 0 Å². The van der Waals surface area contributed by atoms with Gasteiger partial charge in [-0.1, -0.05) is 19.9 Å². The molecule has 1 aliphatic heterocycles. The van der Waals surface area contributed by atoms with Crippen molar-refractivity contribution in [1.29, 1.82) is 0 Å². The average Bonchev–Trinajstić information content (AvgIpc) is 2.80. The lowest BCUT2D eigenvalue weighted by Gasteiger charge is -2.32. The third kappa shape index (κ3) is 4.18. The Balaban J connectivity index is 1.66. The second kappa shape index (κ2) is 8.65. The summed E-state index contributed by atoms with van der Waals surface area (Å²) in [5.74, 6) is -1.02. The van der Waals surface area contributed by atoms with Gasteiger partial charge < -0.3 is 15.2 Å². The van der Waals surface area contributed by atoms with Crippen molar-refractivity contribution in [3.05, 3.63) is 69.8 Å². The standard InChI is InChI=1S/C24H25FN4O4/c1-24(2)9-5-11-29-22(32)19(30)18(28-23(24)29)20(31)27-13-14-7-8-15(25)12-17(14)16-6-4-10-26-21(16)33-3/h4,6-8,10,12,30H,5,9,11,13H2,1-3H3,(H,27,31). The first kappa shape index (κ1) is 22.4. The number of amides is 1. The van der Waals surface area contributed by atoms with Gasteiger partial charge in [-0.25, -0.2) is 14.4 Å². The molecule has 172 valence electrons. The van der Waals surface area contributed by atoms with Gasteiger partial charge >= 0.3 is 0 Å². The Bertz CT molecular complexity index is 1290. The Morgan fingerprint density at radius 3 is 2.85 bits per heavy atom. The van der Waals surface area contributed by atoms with E-state index in [0.29, 0.717) is 34.9 Å². The molecule has 0 radical (unpaired) electrons. The predicted octanol–water partition coefficient (Wildman–Crippen LogP) is 3.16. The summed E-state index contributed by atoms with van der Waals surface area (Å²) in [6.45, 7) is 4.37. The Hall–Kier alpha value is -3.75. The molecular formula is C24H25FN4O4. The van der Waals surface area contributed by atoms with Crippen LogP contribution in [-0.2, 0) is 18.5 Å². The normalized spacial score (nSPS) is 14.4. The molecule has 0 saturated heterocycles. The van der Waals surface area contributed by atoms with Gasteiger partial charge in [-0.15, -0.1) is 0 Å². The molecule has 0 unspecified atom stereocenters. The Kier molecular flexibility index (Phi) is 5.88. The van der Waals surface area contributed by atoms with Crippen LogP contribution in [0.3, 0.4) is 0 Å². The van der Waals surface area contributed by atoms with Crippen LogP contribution in [0.25, 0.3) is 11.1 Å². The summed E-state index contributed by atoms with van der Waals surface area (Å²) in [6.07, 6.45) is 3.17. The second-order valence-electron chi connectivity index (χ2n) is 8.62. The number of aromatic hydroxyl groups is 1. The zero-order valence-electron chi connectivity index (χ0n) is 18.7. The molecule has 0 spiro atoms. The number of hydrogen-bond acceptors (Lipinski definition) is 6. The lowest BCUT2D eigenvalue weighted by atomic mass is 9.84. The highest BCUT2D eigenvalue weighted by atomic mass is 19.1. The predicted molar refractivity (Wildman–Crippen MR) is 120 cm³/mol. The van der Waals surface area contributed by atoms with Gasteiger partial charge in [-0.2, -0.15) is 0 Å². The maximum Gasteiger partial charge on any atom is 0.296 e. The minimum absolute atomic E-state index is 0.00935. The molecule has 2 N–H and O–H groups in total. The summed E-state index contributed by atoms with van der Waals surface area (Å²) in [4.78, 5) is 34.1. The van der Waals surface area contributed by atoms with E-state index in [1.54, 1.807) is 24.4 Å². The smallest absolute Gasteiger partial charge is 0.296 e. The van der Waals surface area contributed by atoms with Crippen LogP contribution >= 0.6 is 0 Å². The minimum Gasteiger partial charge on any atom is -0.501 e. The van der Waals surface area contributed by atoms with Crippen molar-refractivity contribution >= 4 is 5.91 Å². The van der Waals surface area contributed by atoms with Crippen LogP contribution in [0, 0.1) is 5.82 Å². The van der Waals surface area contributed by atoms with Gasteiger partial charge in [0.2, 0.25) is 11.6 Å². The van der Waals surface area contributed by atoms with E-state index in [9.17, 15) is 19.1 Å². The number of carbonyl (C=O) groups is 1. The van der Waals surface area contributed by atoms with Gasteiger partial charge in [0.25, 0.3) is 11.5 Å². The second-order valence-corrected chi connectivity index (χ2v) is 8.62. The van der Waals surface area contributed by atoms with E-state index in [4.69, 9.17) is 4.74 Å². The molecule has 0 bridgehead atoms. The monoisotopic (exact) mass is 452 g/mol. The molecule has 3 heterocycles. The van der Waals surface area contributed by atoms with Gasteiger partial charge in [0, 0.05) is 30.3 Å². The number of nitrogens with one attached hydrogen (secondary N) is 1. The highest BCUT2D eigenvalue weighted by Crippen LogP contribution is 2.33. The van der Waals surface area contributed by atoms with Crippen LogP contribution < -0.4 is 15.6 Å². The number of methoxy groups -OCH3 is 1. The maximum atomic E-state index is 14.0. The molecule has 3 aromatic rings. The van der Waals surface area contributed by atoms with Crippen LogP contribution in [0.1, 0.15) is 48.6 Å². The molecule has 33 heavy (non-hydrogen) atoms. The molecule has 0 saturated carbocycles. The van der Waals surface area contributed by atoms with E-state index in [-0.39, 0.29) is 12.2 Å². The topological polar surface area (TPSA) is 106 Å². The number of halogens is 1. The molecule has 2 aromatic heterocycles. The molecule has 0 atom stereocenters. The lowest BCUT2D eigenvalue weighted by Crippen LogP contribution is -2.39. The van der Waals surface area contributed by atoms with E-state index in [0.717, 1.165) is 12.8 Å². The van der Waals surface area contributed by atoms with Gasteiger partial charge in [-0.05, 0) is 48.2 Å². The van der Waals surface area contributed by atoms with E-state index in [2.05, 4.69) is 15.3 Å². The molecule has 1 aliphatic rings. The number of rotatable bonds is 5. The van der Waals surface area contributed by atoms with Crippen LogP contribution in [0.15, 0.2) is 41.3 Å². The summed E-state index contributed by atoms with van der Waals surface area (Å²) in [6, 6.07) is 7.62. The highest BCUT2D eigenvalue weighted by Gasteiger charge is 2.33. The fourth-order valence-electron chi connectivity index (χ4n) is 4.19. The summed E-state index contributed by atoms with van der Waals surface area (Å²) in [5, 5.41) is 13.1. The van der Waals surface area contributed by atoms with Crippen molar-refractivity contribution in [1.82, 2.24) is 19.9 Å². The fourth-order valence-corrected chi connectivity index (χ4v) is 4.19. The number of carbonyl (C=O) groups excluding carboxylic acids is 1. The van der Waals surface area contributed by atoms with Crippen LogP contribution in [0.2, 0.25) is 0 Å². The number of fused-ring (bicyclic) bond motifs is 1. The van der Waals surface area contributed by atoms with Gasteiger partial charge in [0.05, 0.1) is 7.11 Å². The maximum absolute atomic E-state index is 14.0.